The Morgan fingerprint density at radius 1 is 1.15 bits per heavy atom. The van der Waals surface area contributed by atoms with Gasteiger partial charge in [-0.2, -0.15) is 13.2 Å². The van der Waals surface area contributed by atoms with Crippen LogP contribution in [0.25, 0.3) is 11.3 Å². The third kappa shape index (κ3) is 3.37. The van der Waals surface area contributed by atoms with Crippen molar-refractivity contribution in [1.82, 2.24) is 24.0 Å². The summed E-state index contributed by atoms with van der Waals surface area (Å²) in [4.78, 5) is 16.5. The van der Waals surface area contributed by atoms with Crippen LogP contribution in [0.5, 0.6) is 0 Å². The van der Waals surface area contributed by atoms with E-state index in [4.69, 9.17) is 11.6 Å². The zero-order valence-electron chi connectivity index (χ0n) is 13.3. The second-order valence-electron chi connectivity index (χ2n) is 5.55. The van der Waals surface area contributed by atoms with Crippen molar-refractivity contribution in [2.24, 2.45) is 0 Å². The van der Waals surface area contributed by atoms with Crippen LogP contribution < -0.4 is 5.56 Å². The number of alkyl halides is 3. The fourth-order valence-electron chi connectivity index (χ4n) is 2.50. The van der Waals surface area contributed by atoms with Crippen LogP contribution in [0.1, 0.15) is 11.3 Å². The highest BCUT2D eigenvalue weighted by atomic mass is 35.5. The predicted octanol–water partition coefficient (Wildman–Crippen LogP) is 3.70. The molecule has 0 aliphatic rings. The number of hydrogen-bond acceptors (Lipinski definition) is 5. The van der Waals surface area contributed by atoms with Gasteiger partial charge in [-0.3, -0.25) is 13.6 Å². The van der Waals surface area contributed by atoms with Crippen molar-refractivity contribution in [1.29, 1.82) is 0 Å². The first-order valence-electron chi connectivity index (χ1n) is 7.54. The zero-order chi connectivity index (χ0) is 19.2. The second kappa shape index (κ2) is 6.54. The van der Waals surface area contributed by atoms with Gasteiger partial charge in [-0.25, -0.2) is 4.98 Å². The van der Waals surface area contributed by atoms with Gasteiger partial charge in [-0.1, -0.05) is 29.4 Å². The Balaban J connectivity index is 1.68. The number of fused-ring (bicyclic) bond motifs is 2. The molecule has 0 saturated heterocycles. The lowest BCUT2D eigenvalue weighted by atomic mass is 10.3. The summed E-state index contributed by atoms with van der Waals surface area (Å²) in [5, 5.41) is 7.79. The van der Waals surface area contributed by atoms with Crippen LogP contribution in [-0.2, 0) is 11.9 Å². The van der Waals surface area contributed by atoms with Gasteiger partial charge in [0.1, 0.15) is 5.65 Å². The van der Waals surface area contributed by atoms with Crippen LogP contribution in [0.4, 0.5) is 13.2 Å². The van der Waals surface area contributed by atoms with E-state index >= 15 is 0 Å². The summed E-state index contributed by atoms with van der Waals surface area (Å²) in [5.74, 6) is 0.231. The first-order valence-corrected chi connectivity index (χ1v) is 8.91. The molecule has 0 aromatic carbocycles. The fraction of sp³-hybridized carbons (Fsp3) is 0.125. The Labute approximate surface area is 158 Å². The van der Waals surface area contributed by atoms with Gasteiger partial charge in [-0.15, -0.1) is 10.2 Å². The molecule has 4 aromatic rings. The monoisotopic (exact) mass is 411 g/mol. The summed E-state index contributed by atoms with van der Waals surface area (Å²) in [5.41, 5.74) is -0.0627. The molecule has 0 amide bonds. The Bertz CT molecular complexity index is 1220. The minimum absolute atomic E-state index is 0.124. The SMILES string of the molecule is O=c1cc(CSc2nnc3c(Cl)cc(C(F)(F)F)cn23)nc2ccccn12. The largest absolute Gasteiger partial charge is 0.417 e. The summed E-state index contributed by atoms with van der Waals surface area (Å²) < 4.78 is 41.6. The first-order chi connectivity index (χ1) is 12.8. The lowest BCUT2D eigenvalue weighted by Gasteiger charge is -2.08. The second-order valence-corrected chi connectivity index (χ2v) is 6.90. The lowest BCUT2D eigenvalue weighted by Crippen LogP contribution is -2.14. The molecule has 138 valence electrons. The third-order valence-corrected chi connectivity index (χ3v) is 4.98. The van der Waals surface area contributed by atoms with Crippen molar-refractivity contribution in [3.8, 4) is 0 Å². The molecule has 0 unspecified atom stereocenters. The number of rotatable bonds is 3. The molecular weight excluding hydrogens is 403 g/mol. The molecule has 0 N–H and O–H groups in total. The molecule has 6 nitrogen and oxygen atoms in total. The van der Waals surface area contributed by atoms with E-state index < -0.39 is 11.7 Å². The Morgan fingerprint density at radius 3 is 2.74 bits per heavy atom. The van der Waals surface area contributed by atoms with E-state index in [-0.39, 0.29) is 27.1 Å². The van der Waals surface area contributed by atoms with E-state index in [1.165, 1.54) is 14.9 Å². The standard InChI is InChI=1S/C16H9ClF3N5OS/c17-11-5-9(16(18,19)20)7-25-14(11)22-23-15(25)27-8-10-6-13(26)24-4-2-1-3-12(24)21-10/h1-7H,8H2. The molecule has 0 fully saturated rings. The highest BCUT2D eigenvalue weighted by molar-refractivity contribution is 7.98. The number of pyridine rings is 2. The van der Waals surface area contributed by atoms with Gasteiger partial charge in [0.15, 0.2) is 10.8 Å². The van der Waals surface area contributed by atoms with Gasteiger partial charge < -0.3 is 0 Å². The smallest absolute Gasteiger partial charge is 0.276 e. The Morgan fingerprint density at radius 2 is 1.96 bits per heavy atom. The average Bonchev–Trinajstić information content (AvgIpc) is 3.03. The summed E-state index contributed by atoms with van der Waals surface area (Å²) >= 11 is 7.00. The van der Waals surface area contributed by atoms with Crippen molar-refractivity contribution >= 4 is 34.7 Å². The molecule has 4 aromatic heterocycles. The first kappa shape index (κ1) is 17.8. The van der Waals surface area contributed by atoms with Crippen molar-refractivity contribution in [2.45, 2.75) is 17.1 Å². The molecule has 11 heteroatoms. The van der Waals surface area contributed by atoms with Crippen LogP contribution in [0.3, 0.4) is 0 Å². The summed E-state index contributed by atoms with van der Waals surface area (Å²) in [7, 11) is 0. The fourth-order valence-corrected chi connectivity index (χ4v) is 3.55. The highest BCUT2D eigenvalue weighted by Gasteiger charge is 2.32. The molecule has 27 heavy (non-hydrogen) atoms. The van der Waals surface area contributed by atoms with E-state index in [0.717, 1.165) is 24.0 Å². The van der Waals surface area contributed by atoms with Gasteiger partial charge in [0.05, 0.1) is 16.3 Å². The highest BCUT2D eigenvalue weighted by Crippen LogP contribution is 2.33. The van der Waals surface area contributed by atoms with E-state index in [1.807, 2.05) is 0 Å². The van der Waals surface area contributed by atoms with Crippen molar-refractivity contribution in [3.63, 3.8) is 0 Å². The van der Waals surface area contributed by atoms with E-state index in [1.54, 1.807) is 24.4 Å². The molecule has 0 radical (unpaired) electrons. The quantitative estimate of drug-likeness (QED) is 0.481. The Hall–Kier alpha value is -2.59. The van der Waals surface area contributed by atoms with Crippen LogP contribution in [-0.4, -0.2) is 24.0 Å². The molecule has 0 atom stereocenters. The number of hydrogen-bond donors (Lipinski definition) is 0. The number of nitrogens with zero attached hydrogens (tertiary/aromatic N) is 5. The molecule has 0 aliphatic carbocycles. The van der Waals surface area contributed by atoms with Gasteiger partial charge in [0.2, 0.25) is 0 Å². The van der Waals surface area contributed by atoms with Crippen molar-refractivity contribution in [3.05, 3.63) is 69.4 Å². The number of thioether (sulfide) groups is 1. The summed E-state index contributed by atoms with van der Waals surface area (Å²) in [6, 6.07) is 7.35. The van der Waals surface area contributed by atoms with Gasteiger partial charge >= 0.3 is 6.18 Å². The molecule has 0 bridgehead atoms. The van der Waals surface area contributed by atoms with Gasteiger partial charge in [0.25, 0.3) is 5.56 Å². The van der Waals surface area contributed by atoms with Crippen molar-refractivity contribution < 1.29 is 13.2 Å². The minimum atomic E-state index is -4.54. The summed E-state index contributed by atoms with van der Waals surface area (Å²) in [6.45, 7) is 0. The molecule has 0 aliphatic heterocycles. The number of halogens is 4. The predicted molar refractivity (Wildman–Crippen MR) is 94.0 cm³/mol. The minimum Gasteiger partial charge on any atom is -0.276 e. The maximum Gasteiger partial charge on any atom is 0.417 e. The van der Waals surface area contributed by atoms with Gasteiger partial charge in [0, 0.05) is 24.2 Å². The van der Waals surface area contributed by atoms with Crippen LogP contribution in [0.2, 0.25) is 5.02 Å². The molecule has 0 saturated carbocycles. The summed E-state index contributed by atoms with van der Waals surface area (Å²) in [6.07, 6.45) is -2.04. The van der Waals surface area contributed by atoms with Crippen molar-refractivity contribution in [2.75, 3.05) is 0 Å². The molecular formula is C16H9ClF3N5OS. The van der Waals surface area contributed by atoms with E-state index in [9.17, 15) is 18.0 Å². The molecule has 4 rings (SSSR count). The number of aromatic nitrogens is 5. The maximum atomic E-state index is 13.0. The maximum absolute atomic E-state index is 13.0. The normalized spacial score (nSPS) is 12.1. The van der Waals surface area contributed by atoms with Crippen LogP contribution in [0, 0.1) is 0 Å². The third-order valence-electron chi connectivity index (χ3n) is 3.73. The zero-order valence-corrected chi connectivity index (χ0v) is 14.9. The lowest BCUT2D eigenvalue weighted by molar-refractivity contribution is -0.137. The topological polar surface area (TPSA) is 64.6 Å². The van der Waals surface area contributed by atoms with Gasteiger partial charge in [-0.05, 0) is 18.2 Å². The molecule has 4 heterocycles. The Kier molecular flexibility index (Phi) is 4.31. The van der Waals surface area contributed by atoms with Crippen LogP contribution >= 0.6 is 23.4 Å². The van der Waals surface area contributed by atoms with E-state index in [2.05, 4.69) is 15.2 Å². The molecule has 0 spiro atoms. The van der Waals surface area contributed by atoms with E-state index in [0.29, 0.717) is 11.3 Å². The average molecular weight is 412 g/mol. The van der Waals surface area contributed by atoms with Crippen LogP contribution in [0.15, 0.2) is 52.7 Å².